The minimum Gasteiger partial charge on any atom is -0.384 e. The fraction of sp³-hybridized carbons (Fsp3) is 0.429. The molecule has 0 fully saturated rings. The van der Waals surface area contributed by atoms with Gasteiger partial charge >= 0.3 is 0 Å². The van der Waals surface area contributed by atoms with Crippen molar-refractivity contribution in [1.29, 1.82) is 0 Å². The van der Waals surface area contributed by atoms with Gasteiger partial charge in [0, 0.05) is 0 Å². The van der Waals surface area contributed by atoms with Crippen LogP contribution in [-0.4, -0.2) is 5.11 Å². The Morgan fingerprint density at radius 3 is 1.53 bits per heavy atom. The number of aliphatic hydroxyl groups excluding tert-OH is 1. The van der Waals surface area contributed by atoms with Crippen LogP contribution in [0.4, 0.5) is 0 Å². The van der Waals surface area contributed by atoms with E-state index in [-0.39, 0.29) is 0 Å². The molecule has 15 heavy (non-hydrogen) atoms. The predicted octanol–water partition coefficient (Wildman–Crippen LogP) is 3.45. The first kappa shape index (κ1) is 12.0. The predicted molar refractivity (Wildman–Crippen MR) is 65.3 cm³/mol. The van der Waals surface area contributed by atoms with Crippen molar-refractivity contribution in [3.63, 3.8) is 0 Å². The highest BCUT2D eigenvalue weighted by Gasteiger charge is 2.15. The van der Waals surface area contributed by atoms with Crippen LogP contribution in [0.25, 0.3) is 0 Å². The molecule has 1 aromatic carbocycles. The van der Waals surface area contributed by atoms with Gasteiger partial charge in [-0.2, -0.15) is 0 Å². The van der Waals surface area contributed by atoms with Gasteiger partial charge in [-0.1, -0.05) is 6.08 Å². The molecule has 1 aromatic rings. The third kappa shape index (κ3) is 1.84. The fourth-order valence-corrected chi connectivity index (χ4v) is 2.09. The maximum absolute atomic E-state index is 9.91. The molecular formula is C14H20O. The Morgan fingerprint density at radius 2 is 1.20 bits per heavy atom. The van der Waals surface area contributed by atoms with Gasteiger partial charge in [0.1, 0.15) is 0 Å². The van der Waals surface area contributed by atoms with Crippen LogP contribution < -0.4 is 0 Å². The lowest BCUT2D eigenvalue weighted by Crippen LogP contribution is -2.06. The lowest BCUT2D eigenvalue weighted by molar-refractivity contribution is 0.227. The van der Waals surface area contributed by atoms with Gasteiger partial charge in [-0.25, -0.2) is 0 Å². The summed E-state index contributed by atoms with van der Waals surface area (Å²) in [6.45, 7) is 14.1. The van der Waals surface area contributed by atoms with E-state index < -0.39 is 6.10 Å². The minimum absolute atomic E-state index is 0.553. The number of benzene rings is 1. The summed E-state index contributed by atoms with van der Waals surface area (Å²) in [5.74, 6) is 0. The zero-order valence-corrected chi connectivity index (χ0v) is 10.3. The van der Waals surface area contributed by atoms with Gasteiger partial charge in [-0.3, -0.25) is 0 Å². The van der Waals surface area contributed by atoms with Crippen molar-refractivity contribution in [2.75, 3.05) is 0 Å². The maximum Gasteiger partial charge on any atom is 0.0974 e. The molecule has 82 valence electrons. The quantitative estimate of drug-likeness (QED) is 0.732. The van der Waals surface area contributed by atoms with Crippen molar-refractivity contribution in [3.05, 3.63) is 46.0 Å². The Kier molecular flexibility index (Phi) is 3.35. The highest BCUT2D eigenvalue weighted by Crippen LogP contribution is 2.30. The standard InChI is InChI=1S/C14H20O/c1-7-13(15)14-11(5)9(3)8(2)10(4)12(14)6/h7,13,15H,1H2,2-6H3. The SMILES string of the molecule is C=CC(O)c1c(C)c(C)c(C)c(C)c1C. The normalized spacial score (nSPS) is 12.7. The summed E-state index contributed by atoms with van der Waals surface area (Å²) in [6.07, 6.45) is 1.03. The average Bonchev–Trinajstić information content (AvgIpc) is 2.23. The van der Waals surface area contributed by atoms with Gasteiger partial charge in [-0.15, -0.1) is 6.58 Å². The fourth-order valence-electron chi connectivity index (χ4n) is 2.09. The van der Waals surface area contributed by atoms with Crippen LogP contribution in [-0.2, 0) is 0 Å². The molecule has 1 heteroatoms. The smallest absolute Gasteiger partial charge is 0.0974 e. The summed E-state index contributed by atoms with van der Waals surface area (Å²) >= 11 is 0. The molecule has 0 spiro atoms. The molecule has 0 aromatic heterocycles. The first-order valence-corrected chi connectivity index (χ1v) is 5.29. The number of aliphatic hydroxyl groups is 1. The minimum atomic E-state index is -0.553. The Bertz CT molecular complexity index is 373. The van der Waals surface area contributed by atoms with Gasteiger partial charge in [0.15, 0.2) is 0 Å². The average molecular weight is 204 g/mol. The molecule has 1 N–H and O–H groups in total. The van der Waals surface area contributed by atoms with Gasteiger partial charge in [-0.05, 0) is 68.0 Å². The number of rotatable bonds is 2. The zero-order valence-electron chi connectivity index (χ0n) is 10.3. The van der Waals surface area contributed by atoms with Crippen molar-refractivity contribution < 1.29 is 5.11 Å². The van der Waals surface area contributed by atoms with E-state index in [2.05, 4.69) is 41.2 Å². The Labute approximate surface area is 92.5 Å². The zero-order chi connectivity index (χ0) is 11.7. The van der Waals surface area contributed by atoms with E-state index in [0.717, 1.165) is 5.56 Å². The Hall–Kier alpha value is -1.08. The summed E-state index contributed by atoms with van der Waals surface area (Å²) in [4.78, 5) is 0. The molecule has 0 bridgehead atoms. The summed E-state index contributed by atoms with van der Waals surface area (Å²) in [7, 11) is 0. The second-order valence-corrected chi connectivity index (χ2v) is 4.22. The molecule has 0 amide bonds. The van der Waals surface area contributed by atoms with Crippen LogP contribution in [0.1, 0.15) is 39.5 Å². The molecule has 0 aliphatic heterocycles. The molecule has 0 aliphatic carbocycles. The van der Waals surface area contributed by atoms with Crippen molar-refractivity contribution in [3.8, 4) is 0 Å². The van der Waals surface area contributed by atoms with E-state index >= 15 is 0 Å². The number of hydrogen-bond acceptors (Lipinski definition) is 1. The van der Waals surface area contributed by atoms with E-state index in [4.69, 9.17) is 0 Å². The van der Waals surface area contributed by atoms with Gasteiger partial charge < -0.3 is 5.11 Å². The lowest BCUT2D eigenvalue weighted by Gasteiger charge is -2.20. The highest BCUT2D eigenvalue weighted by molar-refractivity contribution is 5.50. The van der Waals surface area contributed by atoms with E-state index in [1.54, 1.807) is 6.08 Å². The van der Waals surface area contributed by atoms with Crippen molar-refractivity contribution >= 4 is 0 Å². The first-order valence-electron chi connectivity index (χ1n) is 5.29. The van der Waals surface area contributed by atoms with Crippen molar-refractivity contribution in [1.82, 2.24) is 0 Å². The largest absolute Gasteiger partial charge is 0.384 e. The molecule has 0 heterocycles. The molecule has 0 radical (unpaired) electrons. The number of hydrogen-bond donors (Lipinski definition) is 1. The lowest BCUT2D eigenvalue weighted by atomic mass is 9.87. The molecule has 0 saturated carbocycles. The molecule has 1 atom stereocenters. The Morgan fingerprint density at radius 1 is 0.867 bits per heavy atom. The first-order chi connectivity index (χ1) is 6.91. The second-order valence-electron chi connectivity index (χ2n) is 4.22. The molecule has 0 saturated heterocycles. The molecule has 0 aliphatic rings. The highest BCUT2D eigenvalue weighted by atomic mass is 16.3. The van der Waals surface area contributed by atoms with E-state index in [0.29, 0.717) is 0 Å². The van der Waals surface area contributed by atoms with Gasteiger partial charge in [0.25, 0.3) is 0 Å². The van der Waals surface area contributed by atoms with Crippen LogP contribution in [0, 0.1) is 34.6 Å². The molecule has 1 rings (SSSR count). The topological polar surface area (TPSA) is 20.2 Å². The summed E-state index contributed by atoms with van der Waals surface area (Å²) in [5.41, 5.74) is 7.25. The summed E-state index contributed by atoms with van der Waals surface area (Å²) < 4.78 is 0. The molecule has 1 unspecified atom stereocenters. The second kappa shape index (κ2) is 4.19. The van der Waals surface area contributed by atoms with Gasteiger partial charge in [0.2, 0.25) is 0 Å². The van der Waals surface area contributed by atoms with Crippen LogP contribution in [0.15, 0.2) is 12.7 Å². The van der Waals surface area contributed by atoms with E-state index in [1.165, 1.54) is 27.8 Å². The third-order valence-electron chi connectivity index (χ3n) is 3.58. The van der Waals surface area contributed by atoms with Crippen LogP contribution >= 0.6 is 0 Å². The van der Waals surface area contributed by atoms with Crippen molar-refractivity contribution in [2.24, 2.45) is 0 Å². The van der Waals surface area contributed by atoms with Gasteiger partial charge in [0.05, 0.1) is 6.10 Å². The summed E-state index contributed by atoms with van der Waals surface area (Å²) in [5, 5.41) is 9.91. The van der Waals surface area contributed by atoms with Crippen LogP contribution in [0.3, 0.4) is 0 Å². The Balaban J connectivity index is 3.59. The monoisotopic (exact) mass is 204 g/mol. The molecular weight excluding hydrogens is 184 g/mol. The maximum atomic E-state index is 9.91. The van der Waals surface area contributed by atoms with Crippen molar-refractivity contribution in [2.45, 2.75) is 40.7 Å². The summed E-state index contributed by atoms with van der Waals surface area (Å²) in [6, 6.07) is 0. The third-order valence-corrected chi connectivity index (χ3v) is 3.58. The van der Waals surface area contributed by atoms with E-state index in [9.17, 15) is 5.11 Å². The van der Waals surface area contributed by atoms with E-state index in [1.807, 2.05) is 0 Å². The van der Waals surface area contributed by atoms with Crippen LogP contribution in [0.2, 0.25) is 0 Å². The molecule has 1 nitrogen and oxygen atoms in total. The van der Waals surface area contributed by atoms with Crippen LogP contribution in [0.5, 0.6) is 0 Å².